The molecule has 1 amide bonds. The fourth-order valence-corrected chi connectivity index (χ4v) is 5.15. The highest BCUT2D eigenvalue weighted by Crippen LogP contribution is 2.36. The molecule has 1 aromatic carbocycles. The minimum atomic E-state index is -0.256. The molecule has 2 aliphatic carbocycles. The average Bonchev–Trinajstić information content (AvgIpc) is 3.47. The van der Waals surface area contributed by atoms with Crippen molar-refractivity contribution in [2.45, 2.75) is 69.2 Å². The van der Waals surface area contributed by atoms with Crippen LogP contribution in [-0.2, 0) is 4.79 Å². The summed E-state index contributed by atoms with van der Waals surface area (Å²) in [7, 11) is 0. The maximum atomic E-state index is 13.5. The van der Waals surface area contributed by atoms with E-state index in [-0.39, 0.29) is 23.9 Å². The number of ether oxygens (including phenoxy) is 1. The number of halogens is 1. The summed E-state index contributed by atoms with van der Waals surface area (Å²) in [4.78, 5) is 20.6. The first-order chi connectivity index (χ1) is 14.2. The molecule has 0 aromatic heterocycles. The molecule has 0 N–H and O–H groups in total. The van der Waals surface area contributed by atoms with Gasteiger partial charge in [0.1, 0.15) is 17.7 Å². The molecule has 2 aliphatic heterocycles. The lowest BCUT2D eigenvalue weighted by Crippen LogP contribution is -2.48. The van der Waals surface area contributed by atoms with Crippen LogP contribution in [0.2, 0.25) is 0 Å². The van der Waals surface area contributed by atoms with Crippen molar-refractivity contribution in [2.75, 3.05) is 32.7 Å². The predicted molar refractivity (Wildman–Crippen MR) is 109 cm³/mol. The predicted octanol–water partition coefficient (Wildman–Crippen LogP) is 2.90. The van der Waals surface area contributed by atoms with E-state index in [9.17, 15) is 9.18 Å². The van der Waals surface area contributed by atoms with Gasteiger partial charge in [0, 0.05) is 51.2 Å². The van der Waals surface area contributed by atoms with E-state index in [1.807, 2.05) is 0 Å². The molecule has 4 fully saturated rings. The van der Waals surface area contributed by atoms with Crippen molar-refractivity contribution in [3.8, 4) is 5.75 Å². The number of carbonyl (C=O) groups is 1. The Morgan fingerprint density at radius 1 is 0.931 bits per heavy atom. The smallest absolute Gasteiger partial charge is 0.240 e. The standard InChI is InChI=1S/C23H32FN3O2/c24-17-5-9-20(10-6-17)29-21-15-22(27(16-21)19-7-8-19)23(28)26-12-2-11-25(13-14-26)18-3-1-4-18/h5-6,9-10,18-19,21-22H,1-4,7-8,11-16H2/t21-,22-/m0/s1. The molecule has 158 valence electrons. The van der Waals surface area contributed by atoms with E-state index in [0.29, 0.717) is 11.8 Å². The van der Waals surface area contributed by atoms with Crippen LogP contribution in [-0.4, -0.2) is 77.6 Å². The Balaban J connectivity index is 1.22. The van der Waals surface area contributed by atoms with Gasteiger partial charge in [0.05, 0.1) is 6.04 Å². The highest BCUT2D eigenvalue weighted by Gasteiger charge is 2.46. The molecule has 1 aromatic rings. The molecule has 2 atom stereocenters. The van der Waals surface area contributed by atoms with E-state index in [1.165, 1.54) is 44.2 Å². The van der Waals surface area contributed by atoms with E-state index in [4.69, 9.17) is 4.74 Å². The van der Waals surface area contributed by atoms with Gasteiger partial charge < -0.3 is 9.64 Å². The van der Waals surface area contributed by atoms with Crippen LogP contribution in [0, 0.1) is 5.82 Å². The Kier molecular flexibility index (Phi) is 5.48. The normalized spacial score (nSPS) is 29.5. The van der Waals surface area contributed by atoms with Crippen LogP contribution in [0.4, 0.5) is 4.39 Å². The van der Waals surface area contributed by atoms with Crippen LogP contribution in [0.5, 0.6) is 5.75 Å². The van der Waals surface area contributed by atoms with Gasteiger partial charge in [0.15, 0.2) is 0 Å². The fraction of sp³-hybridized carbons (Fsp3) is 0.696. The molecule has 5 rings (SSSR count). The monoisotopic (exact) mass is 401 g/mol. The highest BCUT2D eigenvalue weighted by molar-refractivity contribution is 5.82. The zero-order valence-corrected chi connectivity index (χ0v) is 17.1. The van der Waals surface area contributed by atoms with E-state index in [0.717, 1.165) is 51.6 Å². The molecule has 2 saturated carbocycles. The second kappa shape index (κ2) is 8.23. The Bertz CT molecular complexity index is 719. The number of hydrogen-bond donors (Lipinski definition) is 0. The van der Waals surface area contributed by atoms with Crippen molar-refractivity contribution < 1.29 is 13.9 Å². The third-order valence-electron chi connectivity index (χ3n) is 7.15. The number of nitrogens with zero attached hydrogens (tertiary/aromatic N) is 3. The second-order valence-electron chi connectivity index (χ2n) is 9.17. The van der Waals surface area contributed by atoms with Crippen molar-refractivity contribution in [1.29, 1.82) is 0 Å². The van der Waals surface area contributed by atoms with Gasteiger partial charge in [-0.1, -0.05) is 6.42 Å². The topological polar surface area (TPSA) is 36.0 Å². The first-order valence-corrected chi connectivity index (χ1v) is 11.4. The Morgan fingerprint density at radius 2 is 1.72 bits per heavy atom. The van der Waals surface area contributed by atoms with Gasteiger partial charge in [0.2, 0.25) is 5.91 Å². The second-order valence-corrected chi connectivity index (χ2v) is 9.17. The van der Waals surface area contributed by atoms with Gasteiger partial charge in [-0.15, -0.1) is 0 Å². The molecular formula is C23H32FN3O2. The third-order valence-corrected chi connectivity index (χ3v) is 7.15. The number of amides is 1. The zero-order chi connectivity index (χ0) is 19.8. The molecule has 2 saturated heterocycles. The molecule has 6 heteroatoms. The molecule has 0 radical (unpaired) electrons. The zero-order valence-electron chi connectivity index (χ0n) is 17.1. The van der Waals surface area contributed by atoms with Gasteiger partial charge in [-0.05, 0) is 56.4 Å². The minimum absolute atomic E-state index is 0.00605. The van der Waals surface area contributed by atoms with Crippen molar-refractivity contribution in [3.63, 3.8) is 0 Å². The third kappa shape index (κ3) is 4.29. The molecule has 0 bridgehead atoms. The van der Waals surface area contributed by atoms with Crippen molar-refractivity contribution in [2.24, 2.45) is 0 Å². The maximum Gasteiger partial charge on any atom is 0.240 e. The lowest BCUT2D eigenvalue weighted by Gasteiger charge is -2.37. The first-order valence-electron chi connectivity index (χ1n) is 11.4. The molecule has 0 unspecified atom stereocenters. The summed E-state index contributed by atoms with van der Waals surface area (Å²) in [5, 5.41) is 0. The van der Waals surface area contributed by atoms with E-state index >= 15 is 0 Å². The van der Waals surface area contributed by atoms with Crippen LogP contribution < -0.4 is 4.74 Å². The number of likely N-dealkylation sites (tertiary alicyclic amines) is 1. The molecule has 2 heterocycles. The first kappa shape index (κ1) is 19.3. The molecule has 5 nitrogen and oxygen atoms in total. The van der Waals surface area contributed by atoms with Crippen molar-refractivity contribution in [3.05, 3.63) is 30.1 Å². The Hall–Kier alpha value is -1.66. The lowest BCUT2D eigenvalue weighted by molar-refractivity contribution is -0.136. The summed E-state index contributed by atoms with van der Waals surface area (Å²) in [5.41, 5.74) is 0. The number of carbonyl (C=O) groups excluding carboxylic acids is 1. The molecule has 29 heavy (non-hydrogen) atoms. The Labute approximate surface area is 172 Å². The van der Waals surface area contributed by atoms with Crippen LogP contribution in [0.1, 0.15) is 44.9 Å². The highest BCUT2D eigenvalue weighted by atomic mass is 19.1. The average molecular weight is 402 g/mol. The van der Waals surface area contributed by atoms with Crippen LogP contribution in [0.3, 0.4) is 0 Å². The van der Waals surface area contributed by atoms with Gasteiger partial charge >= 0.3 is 0 Å². The fourth-order valence-electron chi connectivity index (χ4n) is 5.15. The molecule has 4 aliphatic rings. The summed E-state index contributed by atoms with van der Waals surface area (Å²) < 4.78 is 19.3. The summed E-state index contributed by atoms with van der Waals surface area (Å²) in [5.74, 6) is 0.720. The minimum Gasteiger partial charge on any atom is -0.489 e. The SMILES string of the molecule is O=C([C@@H]1C[C@H](Oc2ccc(F)cc2)CN1C1CC1)N1CCCN(C2CCC2)CC1. The lowest BCUT2D eigenvalue weighted by atomic mass is 9.91. The van der Waals surface area contributed by atoms with E-state index in [2.05, 4.69) is 14.7 Å². The number of hydrogen-bond acceptors (Lipinski definition) is 4. The van der Waals surface area contributed by atoms with Crippen LogP contribution >= 0.6 is 0 Å². The summed E-state index contributed by atoms with van der Waals surface area (Å²) in [6.45, 7) is 4.67. The van der Waals surface area contributed by atoms with Crippen molar-refractivity contribution >= 4 is 5.91 Å². The summed E-state index contributed by atoms with van der Waals surface area (Å²) in [6.07, 6.45) is 8.18. The van der Waals surface area contributed by atoms with Crippen LogP contribution in [0.25, 0.3) is 0 Å². The van der Waals surface area contributed by atoms with Gasteiger partial charge in [-0.3, -0.25) is 14.6 Å². The van der Waals surface area contributed by atoms with Gasteiger partial charge in [0.25, 0.3) is 0 Å². The number of benzene rings is 1. The largest absolute Gasteiger partial charge is 0.489 e. The quantitative estimate of drug-likeness (QED) is 0.760. The summed E-state index contributed by atoms with van der Waals surface area (Å²) in [6, 6.07) is 7.43. The van der Waals surface area contributed by atoms with Gasteiger partial charge in [-0.2, -0.15) is 0 Å². The molecule has 0 spiro atoms. The van der Waals surface area contributed by atoms with E-state index in [1.54, 1.807) is 12.1 Å². The summed E-state index contributed by atoms with van der Waals surface area (Å²) >= 11 is 0. The van der Waals surface area contributed by atoms with Gasteiger partial charge in [-0.25, -0.2) is 4.39 Å². The van der Waals surface area contributed by atoms with E-state index < -0.39 is 0 Å². The maximum absolute atomic E-state index is 13.5. The van der Waals surface area contributed by atoms with Crippen molar-refractivity contribution in [1.82, 2.24) is 14.7 Å². The molecular weight excluding hydrogens is 369 g/mol. The Morgan fingerprint density at radius 3 is 2.41 bits per heavy atom. The van der Waals surface area contributed by atoms with Crippen LogP contribution in [0.15, 0.2) is 24.3 Å². The number of rotatable bonds is 5.